The van der Waals surface area contributed by atoms with Gasteiger partial charge in [-0.2, -0.15) is 0 Å². The molecule has 0 aromatic carbocycles. The lowest BCUT2D eigenvalue weighted by Crippen LogP contribution is -2.36. The number of hydrogen-bond donors (Lipinski definition) is 3. The van der Waals surface area contributed by atoms with E-state index < -0.39 is 0 Å². The number of hydrogen-bond acceptors (Lipinski definition) is 6. The molecule has 1 saturated carbocycles. The summed E-state index contributed by atoms with van der Waals surface area (Å²) < 4.78 is 0. The third kappa shape index (κ3) is 6.01. The molecule has 8 heteroatoms. The van der Waals surface area contributed by atoms with Crippen LogP contribution in [0.25, 0.3) is 0 Å². The van der Waals surface area contributed by atoms with E-state index in [1.165, 1.54) is 0 Å². The predicted molar refractivity (Wildman–Crippen MR) is 101 cm³/mol. The molecule has 1 aromatic rings. The zero-order chi connectivity index (χ0) is 15.4. The molecule has 0 spiro atoms. The van der Waals surface area contributed by atoms with E-state index in [2.05, 4.69) is 26.3 Å². The van der Waals surface area contributed by atoms with Crippen molar-refractivity contribution in [3.05, 3.63) is 18.1 Å². The van der Waals surface area contributed by atoms with Crippen LogP contribution in [0.15, 0.2) is 12.4 Å². The Bertz CT molecular complexity index is 479. The first-order chi connectivity index (χ1) is 10.7. The van der Waals surface area contributed by atoms with E-state index in [1.54, 1.807) is 6.33 Å². The Morgan fingerprint density at radius 1 is 1.21 bits per heavy atom. The molecule has 0 amide bonds. The van der Waals surface area contributed by atoms with Crippen LogP contribution in [0.5, 0.6) is 0 Å². The molecule has 1 saturated heterocycles. The first-order valence-electron chi connectivity index (χ1n) is 8.42. The molecule has 0 unspecified atom stereocenters. The van der Waals surface area contributed by atoms with Gasteiger partial charge in [-0.15, -0.1) is 24.8 Å². The average molecular weight is 378 g/mol. The molecule has 1 aromatic heterocycles. The number of aliphatic hydroxyl groups excluding tert-OH is 1. The lowest BCUT2D eigenvalue weighted by atomic mass is 9.79. The number of nitrogens with zero attached hydrogens (tertiary/aromatic N) is 3. The normalized spacial score (nSPS) is 24.4. The van der Waals surface area contributed by atoms with Gasteiger partial charge in [-0.1, -0.05) is 0 Å². The molecule has 2 fully saturated rings. The van der Waals surface area contributed by atoms with Crippen LogP contribution >= 0.6 is 24.8 Å². The second-order valence-corrected chi connectivity index (χ2v) is 6.61. The largest absolute Gasteiger partial charge is 0.393 e. The Balaban J connectivity index is 0.00000144. The van der Waals surface area contributed by atoms with Crippen LogP contribution in [0.4, 0.5) is 5.82 Å². The van der Waals surface area contributed by atoms with Crippen molar-refractivity contribution in [1.29, 1.82) is 0 Å². The highest BCUT2D eigenvalue weighted by Crippen LogP contribution is 2.34. The number of anilines is 1. The first kappa shape index (κ1) is 21.4. The summed E-state index contributed by atoms with van der Waals surface area (Å²) in [4.78, 5) is 11.1. The zero-order valence-electron chi connectivity index (χ0n) is 13.9. The van der Waals surface area contributed by atoms with Crippen LogP contribution in [0.2, 0.25) is 0 Å². The minimum Gasteiger partial charge on any atom is -0.393 e. The molecule has 0 radical (unpaired) electrons. The topological polar surface area (TPSA) is 87.3 Å². The summed E-state index contributed by atoms with van der Waals surface area (Å²) in [5.41, 5.74) is 6.96. The number of rotatable bonds is 6. The highest BCUT2D eigenvalue weighted by Gasteiger charge is 2.28. The number of piperidine rings is 1. The lowest BCUT2D eigenvalue weighted by molar-refractivity contribution is 0.0825. The first-order valence-corrected chi connectivity index (χ1v) is 8.42. The van der Waals surface area contributed by atoms with Crippen molar-refractivity contribution < 1.29 is 5.11 Å². The fourth-order valence-electron chi connectivity index (χ4n) is 3.26. The van der Waals surface area contributed by atoms with E-state index in [4.69, 9.17) is 5.73 Å². The highest BCUT2D eigenvalue weighted by atomic mass is 35.5. The third-order valence-corrected chi connectivity index (χ3v) is 4.80. The fourth-order valence-corrected chi connectivity index (χ4v) is 3.26. The quantitative estimate of drug-likeness (QED) is 0.655. The van der Waals surface area contributed by atoms with Crippen LogP contribution < -0.4 is 11.1 Å². The summed E-state index contributed by atoms with van der Waals surface area (Å²) >= 11 is 0. The van der Waals surface area contributed by atoms with Crippen LogP contribution in [0, 0.1) is 0 Å². The van der Waals surface area contributed by atoms with Crippen molar-refractivity contribution in [1.82, 2.24) is 14.9 Å². The van der Waals surface area contributed by atoms with Crippen LogP contribution in [-0.2, 0) is 0 Å². The maximum atomic E-state index is 9.50. The highest BCUT2D eigenvalue weighted by molar-refractivity contribution is 5.85. The second-order valence-electron chi connectivity index (χ2n) is 6.61. The summed E-state index contributed by atoms with van der Waals surface area (Å²) in [6, 6.07) is 2.41. The maximum Gasteiger partial charge on any atom is 0.129 e. The maximum absolute atomic E-state index is 9.50. The summed E-state index contributed by atoms with van der Waals surface area (Å²) in [5, 5.41) is 12.9. The number of aromatic nitrogens is 2. The van der Waals surface area contributed by atoms with E-state index in [0.29, 0.717) is 12.0 Å². The van der Waals surface area contributed by atoms with Gasteiger partial charge in [0.1, 0.15) is 12.1 Å². The van der Waals surface area contributed by atoms with Gasteiger partial charge in [-0.05, 0) is 38.6 Å². The van der Waals surface area contributed by atoms with Crippen LogP contribution in [-0.4, -0.2) is 58.3 Å². The Hall–Kier alpha value is -0.660. The van der Waals surface area contributed by atoms with Gasteiger partial charge >= 0.3 is 0 Å². The van der Waals surface area contributed by atoms with Gasteiger partial charge in [-0.3, -0.25) is 0 Å². The molecule has 0 bridgehead atoms. The number of likely N-dealkylation sites (tertiary alicyclic amines) is 1. The Morgan fingerprint density at radius 3 is 2.58 bits per heavy atom. The number of aliphatic hydroxyl groups is 1. The molecule has 2 heterocycles. The molecule has 4 N–H and O–H groups in total. The zero-order valence-corrected chi connectivity index (χ0v) is 15.6. The Labute approximate surface area is 156 Å². The minimum absolute atomic E-state index is 0. The number of halogens is 2. The molecular formula is C16H29Cl2N5O. The average Bonchev–Trinajstić information content (AvgIpc) is 2.50. The van der Waals surface area contributed by atoms with E-state index in [-0.39, 0.29) is 30.9 Å². The van der Waals surface area contributed by atoms with E-state index in [9.17, 15) is 5.11 Å². The number of nitrogens with two attached hydrogens (primary N) is 1. The Kier molecular flexibility index (Phi) is 9.23. The molecule has 3 rings (SSSR count). The van der Waals surface area contributed by atoms with Crippen molar-refractivity contribution in [2.24, 2.45) is 5.73 Å². The van der Waals surface area contributed by atoms with Gasteiger partial charge in [0.05, 0.1) is 6.10 Å². The molecule has 0 atom stereocenters. The van der Waals surface area contributed by atoms with Gasteiger partial charge in [0.15, 0.2) is 0 Å². The Morgan fingerprint density at radius 2 is 1.92 bits per heavy atom. The summed E-state index contributed by atoms with van der Waals surface area (Å²) in [6.45, 7) is 4.02. The number of nitrogens with one attached hydrogen (secondary N) is 1. The summed E-state index contributed by atoms with van der Waals surface area (Å²) in [6.07, 6.45) is 6.54. The molecular weight excluding hydrogens is 349 g/mol. The molecule has 138 valence electrons. The fraction of sp³-hybridized carbons (Fsp3) is 0.750. The van der Waals surface area contributed by atoms with Gasteiger partial charge in [0.25, 0.3) is 0 Å². The van der Waals surface area contributed by atoms with Crippen molar-refractivity contribution in [3.8, 4) is 0 Å². The van der Waals surface area contributed by atoms with Gasteiger partial charge < -0.3 is 21.1 Å². The standard InChI is InChI=1S/C16H27N5O.2ClH/c17-13-8-12(9-13)15-10-16(20-11-19-15)18-4-1-5-21-6-2-14(22)3-7-21;;/h10-14,22H,1-9,17H2,(H,18,19,20);2*1H. The third-order valence-electron chi connectivity index (χ3n) is 4.80. The SMILES string of the molecule is Cl.Cl.NC1CC(c2cc(NCCCN3CCC(O)CC3)ncn2)C1. The van der Waals surface area contributed by atoms with Crippen molar-refractivity contribution in [2.75, 3.05) is 31.5 Å². The van der Waals surface area contributed by atoms with E-state index >= 15 is 0 Å². The van der Waals surface area contributed by atoms with Crippen LogP contribution in [0.1, 0.15) is 43.7 Å². The lowest BCUT2D eigenvalue weighted by Gasteiger charge is -2.31. The summed E-state index contributed by atoms with van der Waals surface area (Å²) in [5.74, 6) is 1.43. The smallest absolute Gasteiger partial charge is 0.129 e. The predicted octanol–water partition coefficient (Wildman–Crippen LogP) is 1.78. The monoisotopic (exact) mass is 377 g/mol. The molecule has 1 aliphatic carbocycles. The second kappa shape index (κ2) is 10.4. The van der Waals surface area contributed by atoms with Crippen molar-refractivity contribution in [3.63, 3.8) is 0 Å². The van der Waals surface area contributed by atoms with Gasteiger partial charge in [0, 0.05) is 43.4 Å². The molecule has 1 aliphatic heterocycles. The van der Waals surface area contributed by atoms with Gasteiger partial charge in [0.2, 0.25) is 0 Å². The molecule has 6 nitrogen and oxygen atoms in total. The van der Waals surface area contributed by atoms with Crippen molar-refractivity contribution >= 4 is 30.6 Å². The molecule has 24 heavy (non-hydrogen) atoms. The van der Waals surface area contributed by atoms with E-state index in [1.807, 2.05) is 0 Å². The minimum atomic E-state index is -0.0894. The van der Waals surface area contributed by atoms with E-state index in [0.717, 1.165) is 69.8 Å². The van der Waals surface area contributed by atoms with Crippen LogP contribution in [0.3, 0.4) is 0 Å². The van der Waals surface area contributed by atoms with Crippen molar-refractivity contribution in [2.45, 2.75) is 50.2 Å². The summed E-state index contributed by atoms with van der Waals surface area (Å²) in [7, 11) is 0. The molecule has 2 aliphatic rings. The van der Waals surface area contributed by atoms with Gasteiger partial charge in [-0.25, -0.2) is 9.97 Å².